The Hall–Kier alpha value is -3.87. The number of fused-ring (bicyclic) bond motifs is 3. The molecule has 9 nitrogen and oxygen atoms in total. The number of carbonyl (C=O) groups is 3. The molecule has 3 aliphatic rings. The number of carbonyl (C=O) groups excluding carboxylic acids is 3. The molecule has 210 valence electrons. The Bertz CT molecular complexity index is 1520. The summed E-state index contributed by atoms with van der Waals surface area (Å²) in [6.45, 7) is -0.0605. The number of hydrogen-bond acceptors (Lipinski definition) is 6. The fraction of sp³-hybridized carbons (Fsp3) is 0.407. The number of thiophene rings is 1. The van der Waals surface area contributed by atoms with Crippen molar-refractivity contribution in [3.05, 3.63) is 58.0 Å². The minimum absolute atomic E-state index is 0.293. The summed E-state index contributed by atoms with van der Waals surface area (Å²) in [5.41, 5.74) is 1.92. The average Bonchev–Trinajstić information content (AvgIpc) is 3.57. The lowest BCUT2D eigenvalue weighted by molar-refractivity contribution is -0.195. The number of nitrogens with zero attached hydrogens (tertiary/aromatic N) is 4. The first-order valence-electron chi connectivity index (χ1n) is 12.8. The van der Waals surface area contributed by atoms with Gasteiger partial charge in [-0.3, -0.25) is 19.2 Å². The van der Waals surface area contributed by atoms with Gasteiger partial charge in [0.25, 0.3) is 5.91 Å². The Morgan fingerprint density at radius 3 is 2.77 bits per heavy atom. The van der Waals surface area contributed by atoms with E-state index in [2.05, 4.69) is 10.4 Å². The molecule has 0 radical (unpaired) electrons. The van der Waals surface area contributed by atoms with Crippen LogP contribution in [0.25, 0.3) is 11.1 Å². The summed E-state index contributed by atoms with van der Waals surface area (Å²) in [4.78, 5) is 42.4. The van der Waals surface area contributed by atoms with Crippen molar-refractivity contribution in [2.45, 2.75) is 44.1 Å². The van der Waals surface area contributed by atoms with E-state index in [1.54, 1.807) is 28.4 Å². The fourth-order valence-electron chi connectivity index (χ4n) is 5.90. The largest absolute Gasteiger partial charge is 0.490 e. The van der Waals surface area contributed by atoms with E-state index >= 15 is 0 Å². The van der Waals surface area contributed by atoms with Crippen LogP contribution in [0.4, 0.5) is 18.0 Å². The average molecular weight is 574 g/mol. The number of urea groups is 1. The number of aryl methyl sites for hydroxylation is 2. The number of ether oxygens (including phenoxy) is 1. The van der Waals surface area contributed by atoms with Crippen molar-refractivity contribution in [3.8, 4) is 16.9 Å². The number of rotatable bonds is 3. The second-order valence-corrected chi connectivity index (χ2v) is 11.4. The summed E-state index contributed by atoms with van der Waals surface area (Å²) < 4.78 is 48.9. The van der Waals surface area contributed by atoms with E-state index in [1.807, 2.05) is 32.3 Å². The molecule has 4 amide bonds. The number of benzene rings is 1. The molecule has 1 fully saturated rings. The summed E-state index contributed by atoms with van der Waals surface area (Å²) in [6.07, 6.45) is 0.127. The number of imide groups is 1. The zero-order valence-corrected chi connectivity index (χ0v) is 22.5. The maximum atomic E-state index is 14.0. The van der Waals surface area contributed by atoms with Crippen molar-refractivity contribution >= 4 is 29.2 Å². The van der Waals surface area contributed by atoms with Crippen LogP contribution < -0.4 is 10.1 Å². The van der Waals surface area contributed by atoms with Gasteiger partial charge >= 0.3 is 12.2 Å². The highest BCUT2D eigenvalue weighted by Crippen LogP contribution is 2.45. The van der Waals surface area contributed by atoms with Crippen LogP contribution in [0.2, 0.25) is 0 Å². The third-order valence-electron chi connectivity index (χ3n) is 8.07. The van der Waals surface area contributed by atoms with E-state index in [0.29, 0.717) is 33.9 Å². The Morgan fingerprint density at radius 1 is 1.25 bits per heavy atom. The Labute approximate surface area is 231 Å². The number of halogens is 3. The summed E-state index contributed by atoms with van der Waals surface area (Å²) in [7, 11) is 1.82. The highest BCUT2D eigenvalue weighted by atomic mass is 32.1. The minimum Gasteiger partial charge on any atom is -0.490 e. The van der Waals surface area contributed by atoms with Gasteiger partial charge in [0.1, 0.15) is 24.4 Å². The van der Waals surface area contributed by atoms with Crippen molar-refractivity contribution in [1.29, 1.82) is 0 Å². The van der Waals surface area contributed by atoms with Gasteiger partial charge in [0, 0.05) is 18.8 Å². The molecular weight excluding hydrogens is 547 g/mol. The van der Waals surface area contributed by atoms with Crippen molar-refractivity contribution < 1.29 is 32.3 Å². The molecule has 2 aromatic heterocycles. The van der Waals surface area contributed by atoms with Gasteiger partial charge in [-0.1, -0.05) is 25.1 Å². The maximum Gasteiger partial charge on any atom is 0.412 e. The van der Waals surface area contributed by atoms with Crippen molar-refractivity contribution in [3.63, 3.8) is 0 Å². The summed E-state index contributed by atoms with van der Waals surface area (Å²) >= 11 is 1.18. The van der Waals surface area contributed by atoms with Gasteiger partial charge in [-0.2, -0.15) is 18.3 Å². The van der Waals surface area contributed by atoms with E-state index in [9.17, 15) is 27.6 Å². The first-order valence-corrected chi connectivity index (χ1v) is 13.7. The molecular formula is C27H26F3N5O4S. The van der Waals surface area contributed by atoms with Crippen LogP contribution in [0, 0.1) is 5.92 Å². The predicted molar refractivity (Wildman–Crippen MR) is 138 cm³/mol. The number of alkyl halides is 3. The standard InChI is InChI=1S/C27H26F3N5O4S/c1-15-3-4-17-9-16(18-10-31-33(2)11-18)5-6-19(17)26(15)24(37)35(25(38)32-26)13-23(36)34-12-21-20(7-8-40-21)39-14-22(34)27(28,29)30/h5-11,15,22H,3-4,12-14H2,1-2H3,(H,32,38)/t15?,22-,26-/m0/s1. The smallest absolute Gasteiger partial charge is 0.412 e. The molecule has 1 unspecified atom stereocenters. The lowest BCUT2D eigenvalue weighted by Crippen LogP contribution is -2.54. The third kappa shape index (κ3) is 4.14. The van der Waals surface area contributed by atoms with Crippen molar-refractivity contribution in [1.82, 2.24) is 24.9 Å². The van der Waals surface area contributed by atoms with Gasteiger partial charge in [-0.15, -0.1) is 11.3 Å². The molecule has 1 saturated heterocycles. The van der Waals surface area contributed by atoms with Crippen LogP contribution in [0.1, 0.15) is 29.3 Å². The maximum absolute atomic E-state index is 14.0. The van der Waals surface area contributed by atoms with Crippen molar-refractivity contribution in [2.24, 2.45) is 13.0 Å². The Kier molecular flexibility index (Phi) is 6.17. The highest BCUT2D eigenvalue weighted by molar-refractivity contribution is 7.10. The van der Waals surface area contributed by atoms with Crippen LogP contribution in [0.5, 0.6) is 5.75 Å². The topological polar surface area (TPSA) is 96.8 Å². The SMILES string of the molecule is CC1CCc2cc(-c3cnn(C)c3)ccc2[C@@]12NC(=O)N(CC(=O)N1Cc3sccc3OC[C@H]1C(F)(F)F)C2=O. The molecule has 0 bridgehead atoms. The second kappa shape index (κ2) is 9.36. The Balaban J connectivity index is 1.30. The van der Waals surface area contributed by atoms with E-state index in [1.165, 1.54) is 11.3 Å². The van der Waals surface area contributed by atoms with Crippen LogP contribution in [-0.2, 0) is 35.1 Å². The zero-order valence-electron chi connectivity index (χ0n) is 21.7. The molecule has 4 heterocycles. The minimum atomic E-state index is -4.76. The second-order valence-electron chi connectivity index (χ2n) is 10.4. The van der Waals surface area contributed by atoms with Gasteiger partial charge in [-0.05, 0) is 46.9 Å². The first-order chi connectivity index (χ1) is 19.0. The van der Waals surface area contributed by atoms with E-state index in [4.69, 9.17) is 4.74 Å². The van der Waals surface area contributed by atoms with E-state index in [-0.39, 0.29) is 12.5 Å². The van der Waals surface area contributed by atoms with Gasteiger partial charge in [0.2, 0.25) is 5.91 Å². The fourth-order valence-corrected chi connectivity index (χ4v) is 6.71. The monoisotopic (exact) mass is 573 g/mol. The normalized spacial score (nSPS) is 24.4. The lowest BCUT2D eigenvalue weighted by Gasteiger charge is -2.39. The molecule has 3 atom stereocenters. The number of amides is 4. The number of nitrogens with one attached hydrogen (secondary N) is 1. The number of hydrogen-bond donors (Lipinski definition) is 1. The molecule has 1 N–H and O–H groups in total. The molecule has 6 rings (SSSR count). The molecule has 3 aromatic rings. The van der Waals surface area contributed by atoms with Gasteiger partial charge in [0.05, 0.1) is 17.6 Å². The highest BCUT2D eigenvalue weighted by Gasteiger charge is 2.58. The first kappa shape index (κ1) is 26.4. The molecule has 1 aromatic carbocycles. The molecule has 40 heavy (non-hydrogen) atoms. The van der Waals surface area contributed by atoms with E-state index < -0.39 is 48.8 Å². The zero-order chi connectivity index (χ0) is 28.4. The summed E-state index contributed by atoms with van der Waals surface area (Å²) in [6, 6.07) is 4.17. The molecule has 0 saturated carbocycles. The molecule has 1 spiro atoms. The number of aromatic nitrogens is 2. The molecule has 13 heteroatoms. The van der Waals surface area contributed by atoms with Crippen LogP contribution >= 0.6 is 11.3 Å². The lowest BCUT2D eigenvalue weighted by atomic mass is 9.69. The molecule has 1 aliphatic carbocycles. The summed E-state index contributed by atoms with van der Waals surface area (Å²) in [5.74, 6) is -1.63. The van der Waals surface area contributed by atoms with Gasteiger partial charge in [-0.25, -0.2) is 4.79 Å². The third-order valence-corrected chi connectivity index (χ3v) is 8.96. The quantitative estimate of drug-likeness (QED) is 0.481. The molecule has 2 aliphatic heterocycles. The Morgan fingerprint density at radius 2 is 2.05 bits per heavy atom. The van der Waals surface area contributed by atoms with Crippen LogP contribution in [0.3, 0.4) is 0 Å². The van der Waals surface area contributed by atoms with Crippen LogP contribution in [0.15, 0.2) is 42.0 Å². The predicted octanol–water partition coefficient (Wildman–Crippen LogP) is 3.83. The van der Waals surface area contributed by atoms with Crippen molar-refractivity contribution in [2.75, 3.05) is 13.2 Å². The summed E-state index contributed by atoms with van der Waals surface area (Å²) in [5, 5.41) is 8.70. The van der Waals surface area contributed by atoms with Gasteiger partial charge < -0.3 is 15.0 Å². The van der Waals surface area contributed by atoms with Gasteiger partial charge in [0.15, 0.2) is 6.04 Å². The van der Waals surface area contributed by atoms with Crippen LogP contribution in [-0.4, -0.2) is 62.8 Å². The van der Waals surface area contributed by atoms with E-state index in [0.717, 1.165) is 21.6 Å².